The lowest BCUT2D eigenvalue weighted by Gasteiger charge is -2.28. The zero-order valence-electron chi connectivity index (χ0n) is 37.4. The molecule has 0 bridgehead atoms. The van der Waals surface area contributed by atoms with Crippen LogP contribution in [0.2, 0.25) is 0 Å². The van der Waals surface area contributed by atoms with E-state index in [9.17, 15) is 19.2 Å². The van der Waals surface area contributed by atoms with Crippen LogP contribution in [-0.4, -0.2) is 46.1 Å². The van der Waals surface area contributed by atoms with Crippen molar-refractivity contribution >= 4 is 45.7 Å². The Kier molecular flexibility index (Phi) is 15.6. The van der Waals surface area contributed by atoms with Gasteiger partial charge in [-0.25, -0.2) is 9.97 Å². The highest BCUT2D eigenvalue weighted by molar-refractivity contribution is 6.10. The lowest BCUT2D eigenvalue weighted by molar-refractivity contribution is -0.153. The van der Waals surface area contributed by atoms with E-state index in [1.54, 1.807) is 0 Å². The molecule has 0 aliphatic heterocycles. The number of nitrogens with zero attached hydrogens (tertiary/aromatic N) is 2. The normalized spacial score (nSPS) is 18.8. The Hall–Kier alpha value is -5.64. The van der Waals surface area contributed by atoms with Gasteiger partial charge in [-0.05, 0) is 113 Å². The molecule has 2 aliphatic carbocycles. The minimum absolute atomic E-state index is 0.220. The molecule has 332 valence electrons. The summed E-state index contributed by atoms with van der Waals surface area (Å²) < 4.78 is 24.3. The largest absolute Gasteiger partial charge is 0.462 e. The summed E-state index contributed by atoms with van der Waals surface area (Å²) in [6, 6.07) is 24.2. The molecule has 0 amide bonds. The van der Waals surface area contributed by atoms with Crippen molar-refractivity contribution < 1.29 is 38.1 Å². The Bertz CT molecular complexity index is 2380. The number of rotatable bonds is 17. The van der Waals surface area contributed by atoms with Gasteiger partial charge in [0.2, 0.25) is 0 Å². The average molecular weight is 855 g/mol. The van der Waals surface area contributed by atoms with Gasteiger partial charge in [-0.1, -0.05) is 106 Å². The summed E-state index contributed by atoms with van der Waals surface area (Å²) in [4.78, 5) is 63.3. The minimum atomic E-state index is -0.381. The van der Waals surface area contributed by atoms with Crippen LogP contribution < -0.4 is 9.47 Å². The van der Waals surface area contributed by atoms with Gasteiger partial charge in [0, 0.05) is 23.6 Å². The third-order valence-electron chi connectivity index (χ3n) is 12.7. The van der Waals surface area contributed by atoms with E-state index in [4.69, 9.17) is 28.9 Å². The number of hydrogen-bond donors (Lipinski definition) is 0. The molecule has 5 aromatic rings. The second kappa shape index (κ2) is 21.6. The van der Waals surface area contributed by atoms with Gasteiger partial charge in [0.05, 0.1) is 23.2 Å². The molecule has 2 saturated carbocycles. The summed E-state index contributed by atoms with van der Waals surface area (Å²) in [5, 5.41) is 1.19. The first-order chi connectivity index (χ1) is 30.6. The molecular formula is C53H62N2O8. The van der Waals surface area contributed by atoms with E-state index in [1.165, 1.54) is 11.1 Å². The highest BCUT2D eigenvalue weighted by Crippen LogP contribution is 2.43. The smallest absolute Gasteiger partial charge is 0.314 e. The predicted molar refractivity (Wildman–Crippen MR) is 244 cm³/mol. The van der Waals surface area contributed by atoms with Crippen LogP contribution in [0.3, 0.4) is 0 Å². The predicted octanol–water partition coefficient (Wildman–Crippen LogP) is 10.8. The van der Waals surface area contributed by atoms with E-state index in [1.807, 2.05) is 38.1 Å². The maximum atomic E-state index is 13.9. The van der Waals surface area contributed by atoms with Crippen molar-refractivity contribution in [2.75, 3.05) is 0 Å². The maximum Gasteiger partial charge on any atom is 0.314 e. The Morgan fingerprint density at radius 3 is 1.29 bits per heavy atom. The Labute approximate surface area is 371 Å². The van der Waals surface area contributed by atoms with Gasteiger partial charge in [0.15, 0.2) is 11.5 Å². The van der Waals surface area contributed by atoms with Crippen molar-refractivity contribution in [1.29, 1.82) is 0 Å². The third-order valence-corrected chi connectivity index (χ3v) is 12.7. The minimum Gasteiger partial charge on any atom is -0.462 e. The van der Waals surface area contributed by atoms with E-state index in [0.717, 1.165) is 42.5 Å². The van der Waals surface area contributed by atoms with Crippen molar-refractivity contribution in [3.05, 3.63) is 106 Å². The number of ether oxygens (including phenoxy) is 4. The van der Waals surface area contributed by atoms with Gasteiger partial charge in [0.25, 0.3) is 0 Å². The van der Waals surface area contributed by atoms with Gasteiger partial charge in [-0.2, -0.15) is 0 Å². The molecule has 0 saturated heterocycles. The molecule has 2 fully saturated rings. The van der Waals surface area contributed by atoms with Crippen molar-refractivity contribution in [2.24, 2.45) is 11.8 Å². The van der Waals surface area contributed by atoms with Crippen LogP contribution in [0.1, 0.15) is 131 Å². The van der Waals surface area contributed by atoms with Crippen molar-refractivity contribution in [2.45, 2.75) is 149 Å². The fraction of sp³-hybridized carbons (Fsp3) is 0.472. The first-order valence-electron chi connectivity index (χ1n) is 23.3. The zero-order valence-corrected chi connectivity index (χ0v) is 37.4. The van der Waals surface area contributed by atoms with Crippen LogP contribution >= 0.6 is 0 Å². The molecular weight excluding hydrogens is 793 g/mol. The fourth-order valence-electron chi connectivity index (χ4n) is 9.05. The lowest BCUT2D eigenvalue weighted by atomic mass is 9.87. The molecule has 0 N–H and O–H groups in total. The molecule has 2 aliphatic rings. The van der Waals surface area contributed by atoms with E-state index in [-0.39, 0.29) is 53.7 Å². The maximum absolute atomic E-state index is 13.9. The number of benzene rings is 4. The van der Waals surface area contributed by atoms with Crippen molar-refractivity contribution in [1.82, 2.24) is 9.97 Å². The second-order valence-electron chi connectivity index (χ2n) is 17.4. The highest BCUT2D eigenvalue weighted by atomic mass is 16.6. The summed E-state index contributed by atoms with van der Waals surface area (Å²) in [6.07, 6.45) is 10.7. The molecule has 4 aromatic carbocycles. The number of fused-ring (bicyclic) bond motifs is 2. The highest BCUT2D eigenvalue weighted by Gasteiger charge is 2.33. The first kappa shape index (κ1) is 45.4. The first-order valence-corrected chi connectivity index (χ1v) is 23.3. The molecule has 0 atom stereocenters. The number of aromatic nitrogens is 2. The summed E-state index contributed by atoms with van der Waals surface area (Å²) >= 11 is 0. The average Bonchev–Trinajstić information content (AvgIpc) is 3.30. The Balaban J connectivity index is 0.970. The second-order valence-corrected chi connectivity index (χ2v) is 17.4. The van der Waals surface area contributed by atoms with Gasteiger partial charge in [-0.15, -0.1) is 0 Å². The van der Waals surface area contributed by atoms with Crippen LogP contribution in [0, 0.1) is 18.8 Å². The molecule has 1 aromatic heterocycles. The van der Waals surface area contributed by atoms with E-state index in [0.29, 0.717) is 117 Å². The summed E-state index contributed by atoms with van der Waals surface area (Å²) in [5.41, 5.74) is 7.00. The number of aryl methyl sites for hydroxylation is 6. The van der Waals surface area contributed by atoms with Crippen LogP contribution in [0.5, 0.6) is 11.5 Å². The fourth-order valence-corrected chi connectivity index (χ4v) is 9.05. The molecule has 0 spiro atoms. The SMILES string of the molecule is CCCc1ccc(CCC(=O)O[C@H]2CC[C@H](C(=O)Oc3c4ccccc4c(OC(=O)[C@H]4CC[C@H](OC(=O)CCc5ccc(CCC)cc5)CC4)c4nc(CC)c(C)nc34)CC2)cc1. The Morgan fingerprint density at radius 1 is 0.524 bits per heavy atom. The lowest BCUT2D eigenvalue weighted by Crippen LogP contribution is -2.30. The number of esters is 4. The van der Waals surface area contributed by atoms with Gasteiger partial charge < -0.3 is 18.9 Å². The van der Waals surface area contributed by atoms with Crippen LogP contribution in [0.4, 0.5) is 0 Å². The standard InChI is InChI=1S/C53H62N2O8/c1-5-10-35-14-18-37(19-15-35)22-32-46(56)60-41-28-24-39(25-29-41)52(58)62-50-43-12-8-9-13-44(43)51(49-48(50)54-34(4)45(7-3)55-49)63-53(59)40-26-30-42(31-27-40)61-47(57)33-23-38-20-16-36(11-6-2)17-21-38/h8-9,12-21,39-42H,5-7,10-11,22-33H2,1-4H3/t39-,40-,41-,42-. The summed E-state index contributed by atoms with van der Waals surface area (Å²) in [7, 11) is 0. The van der Waals surface area contributed by atoms with Gasteiger partial charge in [-0.3, -0.25) is 19.2 Å². The van der Waals surface area contributed by atoms with Crippen molar-refractivity contribution in [3.8, 4) is 11.5 Å². The molecule has 63 heavy (non-hydrogen) atoms. The van der Waals surface area contributed by atoms with Gasteiger partial charge >= 0.3 is 23.9 Å². The number of hydrogen-bond acceptors (Lipinski definition) is 10. The van der Waals surface area contributed by atoms with Gasteiger partial charge in [0.1, 0.15) is 23.2 Å². The molecule has 0 unspecified atom stereocenters. The molecule has 0 radical (unpaired) electrons. The van der Waals surface area contributed by atoms with Crippen LogP contribution in [0.15, 0.2) is 72.8 Å². The monoisotopic (exact) mass is 854 g/mol. The molecule has 10 heteroatoms. The molecule has 7 rings (SSSR count). The van der Waals surface area contributed by atoms with Crippen molar-refractivity contribution in [3.63, 3.8) is 0 Å². The topological polar surface area (TPSA) is 131 Å². The molecule has 10 nitrogen and oxygen atoms in total. The van der Waals surface area contributed by atoms with E-state index < -0.39 is 0 Å². The van der Waals surface area contributed by atoms with Crippen LogP contribution in [0.25, 0.3) is 21.8 Å². The quantitative estimate of drug-likeness (QED) is 0.0506. The Morgan fingerprint density at radius 2 is 0.905 bits per heavy atom. The molecule has 1 heterocycles. The zero-order chi connectivity index (χ0) is 44.3. The van der Waals surface area contributed by atoms with Crippen LogP contribution in [-0.2, 0) is 60.8 Å². The summed E-state index contributed by atoms with van der Waals surface area (Å²) in [5.74, 6) is -1.37. The number of carbonyl (C=O) groups is 4. The number of carbonyl (C=O) groups excluding carboxylic acids is 4. The third kappa shape index (κ3) is 11.7. The van der Waals surface area contributed by atoms with E-state index >= 15 is 0 Å². The summed E-state index contributed by atoms with van der Waals surface area (Å²) in [6.45, 7) is 8.19. The van der Waals surface area contributed by atoms with E-state index in [2.05, 4.69) is 62.4 Å².